The van der Waals surface area contributed by atoms with Crippen molar-refractivity contribution in [3.05, 3.63) is 17.7 Å². The molecule has 1 heterocycles. The topological polar surface area (TPSA) is 44.1 Å². The molecule has 1 aromatic heterocycles. The van der Waals surface area contributed by atoms with E-state index in [1.807, 2.05) is 25.5 Å². The Balaban J connectivity index is 2.95. The lowest BCUT2D eigenvalue weighted by atomic mass is 10.1. The molecule has 0 aliphatic rings. The number of imidazole rings is 1. The van der Waals surface area contributed by atoms with Crippen LogP contribution in [-0.2, 0) is 16.6 Å². The van der Waals surface area contributed by atoms with Gasteiger partial charge in [0, 0.05) is 13.2 Å². The van der Waals surface area contributed by atoms with Crippen molar-refractivity contribution in [2.24, 2.45) is 7.05 Å². The van der Waals surface area contributed by atoms with E-state index >= 15 is 0 Å². The van der Waals surface area contributed by atoms with Gasteiger partial charge in [0.2, 0.25) is 0 Å². The highest BCUT2D eigenvalue weighted by molar-refractivity contribution is 5.76. The van der Waals surface area contributed by atoms with Gasteiger partial charge in [-0.05, 0) is 13.8 Å². The average Bonchev–Trinajstić information content (AvgIpc) is 2.45. The van der Waals surface area contributed by atoms with Crippen molar-refractivity contribution >= 4 is 5.97 Å². The van der Waals surface area contributed by atoms with E-state index in [0.717, 1.165) is 11.5 Å². The molecule has 72 valence electrons. The first-order valence-corrected chi connectivity index (χ1v) is 4.14. The Morgan fingerprint density at radius 3 is 2.69 bits per heavy atom. The van der Waals surface area contributed by atoms with Crippen LogP contribution in [0.25, 0.3) is 0 Å². The number of carbonyl (C=O) groups excluding carboxylic acids is 1. The first-order valence-electron chi connectivity index (χ1n) is 4.14. The highest BCUT2D eigenvalue weighted by Crippen LogP contribution is 2.16. The Bertz CT molecular complexity index is 317. The van der Waals surface area contributed by atoms with Gasteiger partial charge in [-0.25, -0.2) is 4.98 Å². The largest absolute Gasteiger partial charge is 0.469 e. The van der Waals surface area contributed by atoms with E-state index in [1.54, 1.807) is 6.20 Å². The number of aromatic nitrogens is 2. The number of esters is 1. The molecule has 13 heavy (non-hydrogen) atoms. The predicted molar refractivity (Wildman–Crippen MR) is 48.4 cm³/mol. The van der Waals surface area contributed by atoms with Crippen molar-refractivity contribution in [1.29, 1.82) is 0 Å². The first kappa shape index (κ1) is 9.77. The van der Waals surface area contributed by atoms with Crippen LogP contribution in [0.1, 0.15) is 24.4 Å². The zero-order chi connectivity index (χ0) is 10.0. The number of aryl methyl sites for hydroxylation is 1. The number of hydrogen-bond donors (Lipinski definition) is 0. The smallest absolute Gasteiger partial charge is 0.314 e. The fourth-order valence-corrected chi connectivity index (χ4v) is 1.22. The van der Waals surface area contributed by atoms with Crippen molar-refractivity contribution in [3.63, 3.8) is 0 Å². The highest BCUT2D eigenvalue weighted by atomic mass is 16.5. The molecule has 0 aliphatic carbocycles. The van der Waals surface area contributed by atoms with Crippen LogP contribution in [0.4, 0.5) is 0 Å². The monoisotopic (exact) mass is 182 g/mol. The van der Waals surface area contributed by atoms with Gasteiger partial charge in [0.05, 0.1) is 18.7 Å². The van der Waals surface area contributed by atoms with E-state index in [-0.39, 0.29) is 11.9 Å². The number of nitrogens with zero attached hydrogens (tertiary/aromatic N) is 2. The second kappa shape index (κ2) is 3.60. The van der Waals surface area contributed by atoms with Crippen LogP contribution in [0.3, 0.4) is 0 Å². The average molecular weight is 182 g/mol. The molecule has 0 radical (unpaired) electrons. The quantitative estimate of drug-likeness (QED) is 0.641. The molecule has 0 bridgehead atoms. The molecule has 0 fully saturated rings. The van der Waals surface area contributed by atoms with Crippen LogP contribution in [0.2, 0.25) is 0 Å². The van der Waals surface area contributed by atoms with Crippen LogP contribution < -0.4 is 0 Å². The molecule has 0 aliphatic heterocycles. The molecule has 0 spiro atoms. The summed E-state index contributed by atoms with van der Waals surface area (Å²) in [6.07, 6.45) is 1.71. The molecule has 0 N–H and O–H groups in total. The molecular weight excluding hydrogens is 168 g/mol. The molecule has 0 aromatic carbocycles. The van der Waals surface area contributed by atoms with Gasteiger partial charge in [-0.15, -0.1) is 0 Å². The van der Waals surface area contributed by atoms with Gasteiger partial charge in [-0.2, -0.15) is 0 Å². The number of carbonyl (C=O) groups is 1. The molecule has 4 nitrogen and oxygen atoms in total. The third-order valence-electron chi connectivity index (χ3n) is 2.25. The summed E-state index contributed by atoms with van der Waals surface area (Å²) in [4.78, 5) is 15.3. The zero-order valence-corrected chi connectivity index (χ0v) is 8.37. The number of ether oxygens (including phenoxy) is 1. The predicted octanol–water partition coefficient (Wildman–Crippen LogP) is 1.01. The van der Waals surface area contributed by atoms with Crippen LogP contribution in [0.5, 0.6) is 0 Å². The fourth-order valence-electron chi connectivity index (χ4n) is 1.22. The Hall–Kier alpha value is -1.32. The number of rotatable bonds is 2. The Morgan fingerprint density at radius 2 is 2.31 bits per heavy atom. The Labute approximate surface area is 77.5 Å². The summed E-state index contributed by atoms with van der Waals surface area (Å²) in [5, 5.41) is 0. The molecule has 4 heteroatoms. The zero-order valence-electron chi connectivity index (χ0n) is 8.37. The van der Waals surface area contributed by atoms with Crippen LogP contribution in [0.15, 0.2) is 6.20 Å². The van der Waals surface area contributed by atoms with Gasteiger partial charge >= 0.3 is 5.97 Å². The van der Waals surface area contributed by atoms with E-state index in [1.165, 1.54) is 7.11 Å². The van der Waals surface area contributed by atoms with E-state index in [2.05, 4.69) is 9.72 Å². The second-order valence-electron chi connectivity index (χ2n) is 3.03. The van der Waals surface area contributed by atoms with Crippen molar-refractivity contribution in [1.82, 2.24) is 9.55 Å². The maximum absolute atomic E-state index is 11.2. The SMILES string of the molecule is COC(=O)C(C)c1cnc(C)n1C. The van der Waals surface area contributed by atoms with Gasteiger partial charge in [0.1, 0.15) is 5.82 Å². The lowest BCUT2D eigenvalue weighted by molar-refractivity contribution is -0.142. The molecular formula is C9H14N2O2. The summed E-state index contributed by atoms with van der Waals surface area (Å²) < 4.78 is 6.54. The van der Waals surface area contributed by atoms with Gasteiger partial charge in [0.25, 0.3) is 0 Å². The molecule has 1 unspecified atom stereocenters. The summed E-state index contributed by atoms with van der Waals surface area (Å²) in [5.41, 5.74) is 0.879. The summed E-state index contributed by atoms with van der Waals surface area (Å²) in [6.45, 7) is 3.70. The third kappa shape index (κ3) is 1.71. The second-order valence-corrected chi connectivity index (χ2v) is 3.03. The van der Waals surface area contributed by atoms with Crippen LogP contribution in [-0.4, -0.2) is 22.6 Å². The van der Waals surface area contributed by atoms with Crippen LogP contribution >= 0.6 is 0 Å². The van der Waals surface area contributed by atoms with E-state index in [9.17, 15) is 4.79 Å². The van der Waals surface area contributed by atoms with Gasteiger partial charge in [0.15, 0.2) is 0 Å². The summed E-state index contributed by atoms with van der Waals surface area (Å²) in [7, 11) is 3.28. The maximum Gasteiger partial charge on any atom is 0.314 e. The van der Waals surface area contributed by atoms with E-state index in [0.29, 0.717) is 0 Å². The minimum absolute atomic E-state index is 0.233. The van der Waals surface area contributed by atoms with Gasteiger partial charge < -0.3 is 9.30 Å². The Kier molecular flexibility index (Phi) is 2.70. The van der Waals surface area contributed by atoms with Crippen molar-refractivity contribution in [2.75, 3.05) is 7.11 Å². The molecule has 0 saturated carbocycles. The minimum atomic E-state index is -0.254. The third-order valence-corrected chi connectivity index (χ3v) is 2.25. The first-order chi connectivity index (χ1) is 6.07. The van der Waals surface area contributed by atoms with E-state index in [4.69, 9.17) is 0 Å². The molecule has 0 amide bonds. The van der Waals surface area contributed by atoms with Crippen molar-refractivity contribution in [3.8, 4) is 0 Å². The lowest BCUT2D eigenvalue weighted by Crippen LogP contribution is -2.14. The number of hydrogen-bond acceptors (Lipinski definition) is 3. The molecule has 1 aromatic rings. The standard InChI is InChI=1S/C9H14N2O2/c1-6(9(12)13-4)8-5-10-7(2)11(8)3/h5-6H,1-4H3. The Morgan fingerprint density at radius 1 is 1.69 bits per heavy atom. The maximum atomic E-state index is 11.2. The van der Waals surface area contributed by atoms with Crippen molar-refractivity contribution < 1.29 is 9.53 Å². The summed E-state index contributed by atoms with van der Waals surface area (Å²) >= 11 is 0. The molecule has 0 saturated heterocycles. The minimum Gasteiger partial charge on any atom is -0.469 e. The summed E-state index contributed by atoms with van der Waals surface area (Å²) in [5.74, 6) is 0.407. The van der Waals surface area contributed by atoms with Crippen LogP contribution in [0, 0.1) is 6.92 Å². The fraction of sp³-hybridized carbons (Fsp3) is 0.556. The molecule has 1 atom stereocenters. The number of methoxy groups -OCH3 is 1. The van der Waals surface area contributed by atoms with E-state index < -0.39 is 0 Å². The normalized spacial score (nSPS) is 12.6. The van der Waals surface area contributed by atoms with Crippen molar-refractivity contribution in [2.45, 2.75) is 19.8 Å². The highest BCUT2D eigenvalue weighted by Gasteiger charge is 2.19. The molecule has 1 rings (SSSR count). The lowest BCUT2D eigenvalue weighted by Gasteiger charge is -2.09. The van der Waals surface area contributed by atoms with Gasteiger partial charge in [-0.3, -0.25) is 4.79 Å². The summed E-state index contributed by atoms with van der Waals surface area (Å²) in [6, 6.07) is 0. The van der Waals surface area contributed by atoms with Gasteiger partial charge in [-0.1, -0.05) is 0 Å².